The van der Waals surface area contributed by atoms with Crippen LogP contribution in [0.2, 0.25) is 0 Å². The number of carbonyl (C=O) groups is 5. The molecule has 4 atom stereocenters. The molecule has 0 bridgehead atoms. The Morgan fingerprint density at radius 3 is 2.00 bits per heavy atom. The maximum absolute atomic E-state index is 13.0. The molecule has 7 N–H and O–H groups in total. The molecule has 0 saturated carbocycles. The summed E-state index contributed by atoms with van der Waals surface area (Å²) in [5.74, 6) is -3.94. The van der Waals surface area contributed by atoms with Crippen LogP contribution in [0.15, 0.2) is 30.3 Å². The summed E-state index contributed by atoms with van der Waals surface area (Å²) < 4.78 is 0. The van der Waals surface area contributed by atoms with E-state index in [0.29, 0.717) is 0 Å². The van der Waals surface area contributed by atoms with Crippen molar-refractivity contribution in [2.45, 2.75) is 58.3 Å². The first-order chi connectivity index (χ1) is 15.4. The third-order valence-corrected chi connectivity index (χ3v) is 4.75. The highest BCUT2D eigenvalue weighted by Crippen LogP contribution is 2.07. The summed E-state index contributed by atoms with van der Waals surface area (Å²) >= 11 is 0. The monoisotopic (exact) mass is 463 g/mol. The lowest BCUT2D eigenvalue weighted by Gasteiger charge is -2.26. The van der Waals surface area contributed by atoms with Crippen molar-refractivity contribution in [3.05, 3.63) is 35.9 Å². The topological polar surface area (TPSA) is 180 Å². The van der Waals surface area contributed by atoms with E-state index in [1.54, 1.807) is 44.2 Å². The molecule has 0 aromatic heterocycles. The van der Waals surface area contributed by atoms with Crippen LogP contribution in [0.1, 0.15) is 33.3 Å². The molecule has 0 heterocycles. The molecule has 1 aromatic rings. The first kappa shape index (κ1) is 27.6. The van der Waals surface area contributed by atoms with Gasteiger partial charge >= 0.3 is 5.97 Å². The lowest BCUT2D eigenvalue weighted by Crippen LogP contribution is -2.58. The standard InChI is InChI=1S/C22H33N5O6/c1-12(2)18(27-17(28)11-24-19(29)13(3)23)21(31)26-16(10-15-8-6-5-7-9-15)20(30)25-14(4)22(32)33/h5-9,12-14,16,18H,10-11,23H2,1-4H3,(H,24,29)(H,25,30)(H,26,31)(H,27,28)(H,32,33)/t13-,14-,16-,18-/m0/s1. The van der Waals surface area contributed by atoms with Gasteiger partial charge in [-0.25, -0.2) is 0 Å². The van der Waals surface area contributed by atoms with Gasteiger partial charge in [0, 0.05) is 6.42 Å². The first-order valence-corrected chi connectivity index (χ1v) is 10.6. The number of benzene rings is 1. The number of carboxylic acids is 1. The van der Waals surface area contributed by atoms with Gasteiger partial charge in [0.2, 0.25) is 23.6 Å². The van der Waals surface area contributed by atoms with Crippen LogP contribution in [0.5, 0.6) is 0 Å². The van der Waals surface area contributed by atoms with Gasteiger partial charge in [-0.05, 0) is 25.3 Å². The van der Waals surface area contributed by atoms with Gasteiger partial charge in [-0.15, -0.1) is 0 Å². The fourth-order valence-corrected chi connectivity index (χ4v) is 2.78. The highest BCUT2D eigenvalue weighted by atomic mass is 16.4. The molecule has 1 rings (SSSR count). The minimum absolute atomic E-state index is 0.119. The Bertz CT molecular complexity index is 843. The average molecular weight is 464 g/mol. The number of amides is 4. The Morgan fingerprint density at radius 1 is 0.879 bits per heavy atom. The second kappa shape index (κ2) is 13.2. The largest absolute Gasteiger partial charge is 0.480 e. The number of carboxylic acid groups (broad SMARTS) is 1. The number of hydrogen-bond donors (Lipinski definition) is 6. The van der Waals surface area contributed by atoms with E-state index in [4.69, 9.17) is 10.8 Å². The normalized spacial score (nSPS) is 14.4. The molecule has 182 valence electrons. The molecule has 4 amide bonds. The van der Waals surface area contributed by atoms with Crippen LogP contribution in [0.25, 0.3) is 0 Å². The van der Waals surface area contributed by atoms with Crippen LogP contribution in [-0.4, -0.2) is 65.4 Å². The van der Waals surface area contributed by atoms with E-state index in [1.165, 1.54) is 13.8 Å². The van der Waals surface area contributed by atoms with Crippen molar-refractivity contribution >= 4 is 29.6 Å². The van der Waals surface area contributed by atoms with E-state index in [2.05, 4.69) is 21.3 Å². The molecular formula is C22H33N5O6. The van der Waals surface area contributed by atoms with Crippen LogP contribution in [0.3, 0.4) is 0 Å². The molecule has 0 aliphatic carbocycles. The van der Waals surface area contributed by atoms with Gasteiger partial charge in [-0.2, -0.15) is 0 Å². The van der Waals surface area contributed by atoms with Crippen molar-refractivity contribution in [1.82, 2.24) is 21.3 Å². The summed E-state index contributed by atoms with van der Waals surface area (Å²) in [7, 11) is 0. The van der Waals surface area contributed by atoms with Crippen molar-refractivity contribution in [3.63, 3.8) is 0 Å². The van der Waals surface area contributed by atoms with Gasteiger partial charge < -0.3 is 32.1 Å². The van der Waals surface area contributed by atoms with Gasteiger partial charge in [0.05, 0.1) is 12.6 Å². The SMILES string of the molecule is CC(C)[C@H](NC(=O)CNC(=O)[C@H](C)N)C(=O)N[C@@H](Cc1ccccc1)C(=O)N[C@@H](C)C(=O)O. The molecule has 0 fully saturated rings. The molecule has 11 nitrogen and oxygen atoms in total. The van der Waals surface area contributed by atoms with Crippen LogP contribution >= 0.6 is 0 Å². The van der Waals surface area contributed by atoms with Crippen LogP contribution < -0.4 is 27.0 Å². The second-order valence-corrected chi connectivity index (χ2v) is 8.12. The van der Waals surface area contributed by atoms with E-state index in [0.717, 1.165) is 5.56 Å². The third-order valence-electron chi connectivity index (χ3n) is 4.75. The summed E-state index contributed by atoms with van der Waals surface area (Å²) in [6, 6.07) is 4.91. The fourth-order valence-electron chi connectivity index (χ4n) is 2.78. The van der Waals surface area contributed by atoms with Gasteiger partial charge in [-0.3, -0.25) is 24.0 Å². The lowest BCUT2D eigenvalue weighted by molar-refractivity contribution is -0.141. The van der Waals surface area contributed by atoms with E-state index in [9.17, 15) is 24.0 Å². The highest BCUT2D eigenvalue weighted by molar-refractivity contribution is 5.94. The molecule has 33 heavy (non-hydrogen) atoms. The molecule has 0 saturated heterocycles. The molecular weight excluding hydrogens is 430 g/mol. The molecule has 0 unspecified atom stereocenters. The van der Waals surface area contributed by atoms with E-state index in [-0.39, 0.29) is 18.9 Å². The second-order valence-electron chi connectivity index (χ2n) is 8.12. The maximum Gasteiger partial charge on any atom is 0.325 e. The summed E-state index contributed by atoms with van der Waals surface area (Å²) in [6.45, 7) is 5.85. The molecule has 11 heteroatoms. The summed E-state index contributed by atoms with van der Waals surface area (Å²) in [6.07, 6.45) is 0.119. The van der Waals surface area contributed by atoms with E-state index < -0.39 is 53.8 Å². The van der Waals surface area contributed by atoms with Crippen molar-refractivity contribution in [2.75, 3.05) is 6.54 Å². The number of carbonyl (C=O) groups excluding carboxylic acids is 4. The number of aliphatic carboxylic acids is 1. The predicted octanol–water partition coefficient (Wildman–Crippen LogP) is -1.09. The highest BCUT2D eigenvalue weighted by Gasteiger charge is 2.30. The molecule has 0 radical (unpaired) electrons. The number of rotatable bonds is 12. The Morgan fingerprint density at radius 2 is 1.48 bits per heavy atom. The Hall–Kier alpha value is -3.47. The molecule has 0 aliphatic rings. The van der Waals surface area contributed by atoms with Crippen molar-refractivity contribution < 1.29 is 29.1 Å². The van der Waals surface area contributed by atoms with Crippen molar-refractivity contribution in [2.24, 2.45) is 11.7 Å². The Kier molecular flexibility index (Phi) is 11.0. The van der Waals surface area contributed by atoms with Gasteiger partial charge in [0.15, 0.2) is 0 Å². The third kappa shape index (κ3) is 9.69. The first-order valence-electron chi connectivity index (χ1n) is 10.6. The Balaban J connectivity index is 2.93. The summed E-state index contributed by atoms with van der Waals surface area (Å²) in [4.78, 5) is 60.6. The minimum Gasteiger partial charge on any atom is -0.480 e. The van der Waals surface area contributed by atoms with Crippen LogP contribution in [0, 0.1) is 5.92 Å². The molecule has 0 spiro atoms. The average Bonchev–Trinajstić information content (AvgIpc) is 2.75. The molecule has 1 aromatic carbocycles. The summed E-state index contributed by atoms with van der Waals surface area (Å²) in [5.41, 5.74) is 6.19. The number of nitrogens with one attached hydrogen (secondary N) is 4. The minimum atomic E-state index is -1.21. The predicted molar refractivity (Wildman–Crippen MR) is 121 cm³/mol. The van der Waals surface area contributed by atoms with Crippen LogP contribution in [0.4, 0.5) is 0 Å². The zero-order valence-electron chi connectivity index (χ0n) is 19.3. The van der Waals surface area contributed by atoms with Crippen molar-refractivity contribution in [1.29, 1.82) is 0 Å². The zero-order chi connectivity index (χ0) is 25.1. The zero-order valence-corrected chi connectivity index (χ0v) is 19.3. The number of hydrogen-bond acceptors (Lipinski definition) is 6. The van der Waals surface area contributed by atoms with Crippen molar-refractivity contribution in [3.8, 4) is 0 Å². The Labute approximate surface area is 192 Å². The quantitative estimate of drug-likeness (QED) is 0.228. The smallest absolute Gasteiger partial charge is 0.325 e. The molecule has 0 aliphatic heterocycles. The van der Waals surface area contributed by atoms with E-state index >= 15 is 0 Å². The maximum atomic E-state index is 13.0. The lowest BCUT2D eigenvalue weighted by atomic mass is 10.0. The number of nitrogens with two attached hydrogens (primary N) is 1. The van der Waals surface area contributed by atoms with Crippen LogP contribution in [-0.2, 0) is 30.4 Å². The van der Waals surface area contributed by atoms with Gasteiger partial charge in [0.25, 0.3) is 0 Å². The fraction of sp³-hybridized carbons (Fsp3) is 0.500. The van der Waals surface area contributed by atoms with Gasteiger partial charge in [0.1, 0.15) is 18.1 Å². The van der Waals surface area contributed by atoms with E-state index in [1.807, 2.05) is 0 Å². The van der Waals surface area contributed by atoms with Gasteiger partial charge in [-0.1, -0.05) is 44.2 Å². The summed E-state index contributed by atoms with van der Waals surface area (Å²) in [5, 5.41) is 19.0.